The van der Waals surface area contributed by atoms with Gasteiger partial charge in [0, 0.05) is 18.3 Å². The largest absolute Gasteiger partial charge is 0.473 e. The molecular formula is C14H17N3OS2. The second-order valence-electron chi connectivity index (χ2n) is 5.36. The summed E-state index contributed by atoms with van der Waals surface area (Å²) in [5.41, 5.74) is 0.988. The van der Waals surface area contributed by atoms with Crippen molar-refractivity contribution in [1.82, 2.24) is 14.3 Å². The maximum atomic E-state index is 6.12. The predicted molar refractivity (Wildman–Crippen MR) is 83.3 cm³/mol. The molecule has 1 saturated carbocycles. The highest BCUT2D eigenvalue weighted by Gasteiger charge is 2.28. The van der Waals surface area contributed by atoms with Gasteiger partial charge in [0.2, 0.25) is 5.88 Å². The van der Waals surface area contributed by atoms with Crippen molar-refractivity contribution in [2.75, 3.05) is 13.1 Å². The van der Waals surface area contributed by atoms with Crippen LogP contribution in [0.3, 0.4) is 0 Å². The van der Waals surface area contributed by atoms with Gasteiger partial charge in [-0.2, -0.15) is 0 Å². The van der Waals surface area contributed by atoms with Gasteiger partial charge in [-0.05, 0) is 37.1 Å². The average Bonchev–Trinajstić information content (AvgIpc) is 3.15. The van der Waals surface area contributed by atoms with Gasteiger partial charge in [0.25, 0.3) is 0 Å². The molecule has 2 fully saturated rings. The highest BCUT2D eigenvalue weighted by atomic mass is 32.2. The van der Waals surface area contributed by atoms with Crippen molar-refractivity contribution >= 4 is 33.5 Å². The van der Waals surface area contributed by atoms with E-state index in [4.69, 9.17) is 4.74 Å². The van der Waals surface area contributed by atoms with Crippen LogP contribution >= 0.6 is 23.3 Å². The van der Waals surface area contributed by atoms with E-state index < -0.39 is 0 Å². The summed E-state index contributed by atoms with van der Waals surface area (Å²) >= 11 is 3.71. The van der Waals surface area contributed by atoms with Crippen molar-refractivity contribution in [3.8, 4) is 5.88 Å². The van der Waals surface area contributed by atoms with Crippen LogP contribution in [0, 0.1) is 0 Å². The fourth-order valence-corrected chi connectivity index (χ4v) is 4.41. The zero-order valence-corrected chi connectivity index (χ0v) is 12.8. The summed E-state index contributed by atoms with van der Waals surface area (Å²) in [5, 5.41) is 2.95. The maximum Gasteiger partial charge on any atom is 0.235 e. The first-order valence-electron chi connectivity index (χ1n) is 7.15. The Morgan fingerprint density at radius 1 is 1.20 bits per heavy atom. The van der Waals surface area contributed by atoms with Gasteiger partial charge in [-0.15, -0.1) is 11.3 Å². The molecule has 2 aromatic heterocycles. The molecule has 0 radical (unpaired) electrons. The third-order valence-corrected chi connectivity index (χ3v) is 6.04. The number of rotatable bonds is 4. The Labute approximate surface area is 126 Å². The zero-order valence-electron chi connectivity index (χ0n) is 11.2. The number of hydrogen-bond donors (Lipinski definition) is 0. The van der Waals surface area contributed by atoms with Crippen LogP contribution in [0.2, 0.25) is 0 Å². The summed E-state index contributed by atoms with van der Waals surface area (Å²) < 4.78 is 9.70. The van der Waals surface area contributed by atoms with Crippen molar-refractivity contribution in [2.24, 2.45) is 0 Å². The van der Waals surface area contributed by atoms with E-state index in [1.54, 1.807) is 17.7 Å². The first kappa shape index (κ1) is 12.9. The molecule has 106 valence electrons. The Morgan fingerprint density at radius 3 is 2.85 bits per heavy atom. The third-order valence-electron chi connectivity index (χ3n) is 3.71. The van der Waals surface area contributed by atoms with Crippen LogP contribution in [0.5, 0.6) is 5.88 Å². The summed E-state index contributed by atoms with van der Waals surface area (Å²) in [4.78, 5) is 8.56. The lowest BCUT2D eigenvalue weighted by molar-refractivity contribution is 0.135. The average molecular weight is 307 g/mol. The number of fused-ring (bicyclic) bond motifs is 1. The van der Waals surface area contributed by atoms with Gasteiger partial charge >= 0.3 is 0 Å². The minimum Gasteiger partial charge on any atom is -0.473 e. The molecule has 20 heavy (non-hydrogen) atoms. The van der Waals surface area contributed by atoms with E-state index in [0.717, 1.165) is 47.3 Å². The predicted octanol–water partition coefficient (Wildman–Crippen LogP) is 3.35. The molecule has 1 saturated heterocycles. The van der Waals surface area contributed by atoms with Gasteiger partial charge in [-0.3, -0.25) is 4.31 Å². The van der Waals surface area contributed by atoms with Crippen LogP contribution in [-0.4, -0.2) is 38.7 Å². The quantitative estimate of drug-likeness (QED) is 0.810. The zero-order chi connectivity index (χ0) is 13.4. The molecule has 1 aliphatic carbocycles. The fourth-order valence-electron chi connectivity index (χ4n) is 2.45. The van der Waals surface area contributed by atoms with Crippen LogP contribution in [0.4, 0.5) is 0 Å². The number of aromatic nitrogens is 2. The van der Waals surface area contributed by atoms with Gasteiger partial charge in [0.1, 0.15) is 17.1 Å². The molecule has 2 aromatic rings. The van der Waals surface area contributed by atoms with E-state index in [1.165, 1.54) is 12.8 Å². The third kappa shape index (κ3) is 2.77. The number of nitrogens with zero attached hydrogens (tertiary/aromatic N) is 3. The summed E-state index contributed by atoms with van der Waals surface area (Å²) in [5.74, 6) is 0.762. The van der Waals surface area contributed by atoms with Crippen molar-refractivity contribution in [1.29, 1.82) is 0 Å². The Bertz CT molecular complexity index is 591. The van der Waals surface area contributed by atoms with Gasteiger partial charge in [0.05, 0.1) is 5.52 Å². The molecule has 4 nitrogen and oxygen atoms in total. The molecule has 0 atom stereocenters. The van der Waals surface area contributed by atoms with Gasteiger partial charge in [0.15, 0.2) is 0 Å². The van der Waals surface area contributed by atoms with E-state index in [-0.39, 0.29) is 0 Å². The number of hydrogen-bond acceptors (Lipinski definition) is 6. The molecule has 4 rings (SSSR count). The molecule has 0 amide bonds. The van der Waals surface area contributed by atoms with E-state index >= 15 is 0 Å². The van der Waals surface area contributed by atoms with Crippen molar-refractivity contribution in [2.45, 2.75) is 37.0 Å². The normalized spacial score (nSPS) is 21.4. The lowest BCUT2D eigenvalue weighted by Crippen LogP contribution is -2.34. The van der Waals surface area contributed by atoms with E-state index in [2.05, 4.69) is 26.2 Å². The smallest absolute Gasteiger partial charge is 0.235 e. The monoisotopic (exact) mass is 307 g/mol. The summed E-state index contributed by atoms with van der Waals surface area (Å²) in [6.45, 7) is 2.26. The first-order chi connectivity index (χ1) is 9.88. The van der Waals surface area contributed by atoms with Crippen LogP contribution < -0.4 is 4.74 Å². The Kier molecular flexibility index (Phi) is 3.54. The minimum atomic E-state index is 0.297. The first-order valence-corrected chi connectivity index (χ1v) is 8.87. The molecule has 0 aromatic carbocycles. The van der Waals surface area contributed by atoms with E-state index in [1.807, 2.05) is 11.4 Å². The Morgan fingerprint density at radius 2 is 2.05 bits per heavy atom. The maximum absolute atomic E-state index is 6.12. The SMILES string of the molecule is c1nc(OC2CCN(SC3CC3)CC2)c2sccc2n1. The molecule has 3 heterocycles. The molecule has 0 spiro atoms. The molecule has 0 bridgehead atoms. The second kappa shape index (κ2) is 5.50. The molecule has 2 aliphatic rings. The lowest BCUT2D eigenvalue weighted by atomic mass is 10.1. The minimum absolute atomic E-state index is 0.297. The summed E-state index contributed by atoms with van der Waals surface area (Å²) in [6.07, 6.45) is 6.89. The van der Waals surface area contributed by atoms with E-state index in [0.29, 0.717) is 6.10 Å². The standard InChI is InChI=1S/C14H17N3OS2/c1-2-11(1)20-17-6-3-10(4-7-17)18-14-13-12(5-8-19-13)15-9-16-14/h5,8-11H,1-4,6-7H2. The molecule has 1 aliphatic heterocycles. The molecule has 6 heteroatoms. The van der Waals surface area contributed by atoms with Crippen LogP contribution in [0.15, 0.2) is 17.8 Å². The second-order valence-corrected chi connectivity index (χ2v) is 7.67. The van der Waals surface area contributed by atoms with E-state index in [9.17, 15) is 0 Å². The van der Waals surface area contributed by atoms with Gasteiger partial charge < -0.3 is 4.74 Å². The Hall–Kier alpha value is -0.850. The molecule has 0 N–H and O–H groups in total. The lowest BCUT2D eigenvalue weighted by Gasteiger charge is -2.30. The van der Waals surface area contributed by atoms with Crippen molar-refractivity contribution < 1.29 is 4.74 Å². The van der Waals surface area contributed by atoms with Crippen molar-refractivity contribution in [3.63, 3.8) is 0 Å². The summed E-state index contributed by atoms with van der Waals surface area (Å²) in [6, 6.07) is 2.02. The summed E-state index contributed by atoms with van der Waals surface area (Å²) in [7, 11) is 0. The van der Waals surface area contributed by atoms with Crippen LogP contribution in [0.25, 0.3) is 10.2 Å². The van der Waals surface area contributed by atoms with Crippen LogP contribution in [0.1, 0.15) is 25.7 Å². The highest BCUT2D eigenvalue weighted by Crippen LogP contribution is 2.38. The Balaban J connectivity index is 1.38. The van der Waals surface area contributed by atoms with Crippen LogP contribution in [-0.2, 0) is 0 Å². The van der Waals surface area contributed by atoms with Gasteiger partial charge in [-0.1, -0.05) is 11.9 Å². The highest BCUT2D eigenvalue weighted by molar-refractivity contribution is 7.97. The topological polar surface area (TPSA) is 38.2 Å². The van der Waals surface area contributed by atoms with Crippen molar-refractivity contribution in [3.05, 3.63) is 17.8 Å². The molecule has 0 unspecified atom stereocenters. The molecular weight excluding hydrogens is 290 g/mol. The number of ether oxygens (including phenoxy) is 1. The fraction of sp³-hybridized carbons (Fsp3) is 0.571. The van der Waals surface area contributed by atoms with Gasteiger partial charge in [-0.25, -0.2) is 9.97 Å². The number of piperidine rings is 1. The number of thiophene rings is 1.